The maximum Gasteiger partial charge on any atom is 0.404 e. The number of rotatable bonds is 5. The topological polar surface area (TPSA) is 90.1 Å². The number of amides is 1. The van der Waals surface area contributed by atoms with Crippen molar-refractivity contribution in [2.75, 3.05) is 18.5 Å². The number of primary amides is 1. The number of halogens is 1. The summed E-state index contributed by atoms with van der Waals surface area (Å²) in [4.78, 5) is 19.1. The molecule has 0 aliphatic heterocycles. The van der Waals surface area contributed by atoms with Crippen molar-refractivity contribution in [3.05, 3.63) is 16.5 Å². The predicted octanol–water partition coefficient (Wildman–Crippen LogP) is 1.62. The van der Waals surface area contributed by atoms with E-state index in [1.807, 2.05) is 0 Å². The number of nitrogens with two attached hydrogens (primary N) is 1. The maximum absolute atomic E-state index is 10.4. The Kier molecular flexibility index (Phi) is 3.78. The molecule has 0 atom stereocenters. The molecule has 3 N–H and O–H groups in total. The molecule has 17 heavy (non-hydrogen) atoms. The van der Waals surface area contributed by atoms with Crippen molar-refractivity contribution in [1.29, 1.82) is 0 Å². The monoisotopic (exact) mass is 300 g/mol. The first kappa shape index (κ1) is 12.1. The summed E-state index contributed by atoms with van der Waals surface area (Å²) in [7, 11) is 0. The summed E-state index contributed by atoms with van der Waals surface area (Å²) in [5, 5.41) is 3.05. The molecule has 1 aromatic rings. The number of anilines is 1. The molecule has 2 rings (SSSR count). The summed E-state index contributed by atoms with van der Waals surface area (Å²) < 4.78 is 5.36. The van der Waals surface area contributed by atoms with Crippen molar-refractivity contribution in [2.45, 2.75) is 18.8 Å². The van der Waals surface area contributed by atoms with Gasteiger partial charge in [-0.15, -0.1) is 0 Å². The first-order valence-electron chi connectivity index (χ1n) is 5.36. The van der Waals surface area contributed by atoms with Gasteiger partial charge in [-0.1, -0.05) is 0 Å². The van der Waals surface area contributed by atoms with E-state index in [9.17, 15) is 4.79 Å². The molecule has 0 aromatic carbocycles. The van der Waals surface area contributed by atoms with Crippen molar-refractivity contribution in [3.8, 4) is 0 Å². The van der Waals surface area contributed by atoms with E-state index in [1.54, 1.807) is 6.07 Å². The lowest BCUT2D eigenvalue weighted by molar-refractivity contribution is 0.161. The second-order valence-electron chi connectivity index (χ2n) is 3.80. The molecule has 1 aromatic heterocycles. The minimum atomic E-state index is -0.769. The molecular formula is C10H13BrN4O2. The second-order valence-corrected chi connectivity index (χ2v) is 4.62. The Morgan fingerprint density at radius 1 is 1.59 bits per heavy atom. The lowest BCUT2D eigenvalue weighted by Gasteiger charge is -2.07. The maximum atomic E-state index is 10.4. The van der Waals surface area contributed by atoms with E-state index in [-0.39, 0.29) is 6.61 Å². The van der Waals surface area contributed by atoms with E-state index in [2.05, 4.69) is 36.0 Å². The molecule has 0 saturated heterocycles. The van der Waals surface area contributed by atoms with Crippen LogP contribution in [0.4, 0.5) is 10.6 Å². The largest absolute Gasteiger partial charge is 0.448 e. The minimum Gasteiger partial charge on any atom is -0.448 e. The number of carbonyl (C=O) groups excluding carboxylic acids is 1. The van der Waals surface area contributed by atoms with Crippen molar-refractivity contribution < 1.29 is 9.53 Å². The van der Waals surface area contributed by atoms with Crippen molar-refractivity contribution in [1.82, 2.24) is 9.97 Å². The van der Waals surface area contributed by atoms with Crippen LogP contribution in [0.2, 0.25) is 0 Å². The van der Waals surface area contributed by atoms with Crippen molar-refractivity contribution in [3.63, 3.8) is 0 Å². The number of hydrogen-bond acceptors (Lipinski definition) is 5. The van der Waals surface area contributed by atoms with Gasteiger partial charge in [-0.25, -0.2) is 14.8 Å². The molecule has 1 saturated carbocycles. The summed E-state index contributed by atoms with van der Waals surface area (Å²) in [5.41, 5.74) is 4.85. The van der Waals surface area contributed by atoms with Gasteiger partial charge in [-0.3, -0.25) is 0 Å². The van der Waals surface area contributed by atoms with Crippen LogP contribution in [-0.2, 0) is 4.74 Å². The molecule has 1 aliphatic rings. The quantitative estimate of drug-likeness (QED) is 0.637. The summed E-state index contributed by atoms with van der Waals surface area (Å²) in [6.07, 6.45) is 1.54. The molecule has 92 valence electrons. The highest BCUT2D eigenvalue weighted by Gasteiger charge is 2.27. The lowest BCUT2D eigenvalue weighted by atomic mass is 10.4. The van der Waals surface area contributed by atoms with Crippen LogP contribution >= 0.6 is 15.9 Å². The van der Waals surface area contributed by atoms with Gasteiger partial charge in [0.05, 0.1) is 6.54 Å². The number of ether oxygens (including phenoxy) is 1. The fourth-order valence-electron chi connectivity index (χ4n) is 1.38. The molecule has 1 aliphatic carbocycles. The molecule has 1 fully saturated rings. The number of carbonyl (C=O) groups is 1. The highest BCUT2D eigenvalue weighted by atomic mass is 79.9. The Labute approximate surface area is 107 Å². The fraction of sp³-hybridized carbons (Fsp3) is 0.500. The Hall–Kier alpha value is -1.37. The third kappa shape index (κ3) is 3.85. The van der Waals surface area contributed by atoms with Gasteiger partial charge in [-0.2, -0.15) is 0 Å². The standard InChI is InChI=1S/C10H13BrN4O2/c11-7-5-8(13-3-4-17-10(12)16)15-9(14-7)6-1-2-6/h5-6H,1-4H2,(H2,12,16)(H,13,14,15). The number of nitrogens with zero attached hydrogens (tertiary/aromatic N) is 2. The van der Waals surface area contributed by atoms with Crippen LogP contribution in [0, 0.1) is 0 Å². The van der Waals surface area contributed by atoms with Crippen LogP contribution in [-0.4, -0.2) is 29.2 Å². The zero-order chi connectivity index (χ0) is 12.3. The van der Waals surface area contributed by atoms with E-state index in [0.717, 1.165) is 29.1 Å². The number of hydrogen-bond donors (Lipinski definition) is 2. The Morgan fingerprint density at radius 2 is 2.35 bits per heavy atom. The van der Waals surface area contributed by atoms with E-state index in [0.29, 0.717) is 12.5 Å². The molecule has 0 unspecified atom stereocenters. The molecular weight excluding hydrogens is 288 g/mol. The van der Waals surface area contributed by atoms with Crippen LogP contribution < -0.4 is 11.1 Å². The van der Waals surface area contributed by atoms with E-state index >= 15 is 0 Å². The summed E-state index contributed by atoms with van der Waals surface area (Å²) in [6.45, 7) is 0.687. The first-order chi connectivity index (χ1) is 8.15. The number of nitrogens with one attached hydrogen (secondary N) is 1. The van der Waals surface area contributed by atoms with E-state index in [1.165, 1.54) is 0 Å². The van der Waals surface area contributed by atoms with Gasteiger partial charge in [0.1, 0.15) is 22.9 Å². The average molecular weight is 301 g/mol. The van der Waals surface area contributed by atoms with Gasteiger partial charge < -0.3 is 15.8 Å². The van der Waals surface area contributed by atoms with Crippen LogP contribution in [0.25, 0.3) is 0 Å². The van der Waals surface area contributed by atoms with Crippen molar-refractivity contribution in [2.24, 2.45) is 5.73 Å². The zero-order valence-corrected chi connectivity index (χ0v) is 10.7. The van der Waals surface area contributed by atoms with Gasteiger partial charge in [0.25, 0.3) is 0 Å². The third-order valence-corrected chi connectivity index (χ3v) is 2.71. The molecule has 0 bridgehead atoms. The Bertz CT molecular complexity index is 423. The van der Waals surface area contributed by atoms with Gasteiger partial charge >= 0.3 is 6.09 Å². The van der Waals surface area contributed by atoms with Gasteiger partial charge in [-0.05, 0) is 28.8 Å². The predicted molar refractivity (Wildman–Crippen MR) is 65.7 cm³/mol. The molecule has 0 spiro atoms. The van der Waals surface area contributed by atoms with Gasteiger partial charge in [0.15, 0.2) is 0 Å². The SMILES string of the molecule is NC(=O)OCCNc1cc(Br)nc(C2CC2)n1. The van der Waals surface area contributed by atoms with Crippen LogP contribution in [0.5, 0.6) is 0 Å². The fourth-order valence-corrected chi connectivity index (χ4v) is 1.78. The molecule has 7 heteroatoms. The Balaban J connectivity index is 1.89. The molecule has 6 nitrogen and oxygen atoms in total. The second kappa shape index (κ2) is 5.31. The van der Waals surface area contributed by atoms with Crippen LogP contribution in [0.1, 0.15) is 24.6 Å². The van der Waals surface area contributed by atoms with Gasteiger partial charge in [0, 0.05) is 12.0 Å². The normalized spacial score (nSPS) is 14.4. The first-order valence-corrected chi connectivity index (χ1v) is 6.15. The molecule has 1 heterocycles. The summed E-state index contributed by atoms with van der Waals surface area (Å²) >= 11 is 3.34. The zero-order valence-electron chi connectivity index (χ0n) is 9.15. The van der Waals surface area contributed by atoms with E-state index in [4.69, 9.17) is 5.73 Å². The van der Waals surface area contributed by atoms with E-state index < -0.39 is 6.09 Å². The van der Waals surface area contributed by atoms with Crippen molar-refractivity contribution >= 4 is 27.8 Å². The summed E-state index contributed by atoms with van der Waals surface area (Å²) in [5.74, 6) is 2.08. The molecule has 1 amide bonds. The Morgan fingerprint density at radius 3 is 3.00 bits per heavy atom. The van der Waals surface area contributed by atoms with Crippen LogP contribution in [0.15, 0.2) is 10.7 Å². The summed E-state index contributed by atoms with van der Waals surface area (Å²) in [6, 6.07) is 1.79. The number of aromatic nitrogens is 2. The highest BCUT2D eigenvalue weighted by Crippen LogP contribution is 2.38. The van der Waals surface area contributed by atoms with Gasteiger partial charge in [0.2, 0.25) is 0 Å². The third-order valence-electron chi connectivity index (χ3n) is 2.31. The smallest absolute Gasteiger partial charge is 0.404 e. The average Bonchev–Trinajstić information content (AvgIpc) is 3.07. The molecule has 0 radical (unpaired) electrons. The highest BCUT2D eigenvalue weighted by molar-refractivity contribution is 9.10. The lowest BCUT2D eigenvalue weighted by Crippen LogP contribution is -2.18. The van der Waals surface area contributed by atoms with Crippen LogP contribution in [0.3, 0.4) is 0 Å². The minimum absolute atomic E-state index is 0.218.